The van der Waals surface area contributed by atoms with E-state index in [1.807, 2.05) is 0 Å². The number of hydrogen-bond acceptors (Lipinski definition) is 1. The molecule has 1 rings (SSSR count). The summed E-state index contributed by atoms with van der Waals surface area (Å²) in [5.41, 5.74) is 0.101. The summed E-state index contributed by atoms with van der Waals surface area (Å²) in [7, 11) is 0. The van der Waals surface area contributed by atoms with E-state index in [1.54, 1.807) is 0 Å². The lowest BCUT2D eigenvalue weighted by molar-refractivity contribution is -0.00849. The fraction of sp³-hybridized carbons (Fsp3) is 0.833. The molecule has 1 heteroatoms. The van der Waals surface area contributed by atoms with E-state index in [1.165, 1.54) is 25.7 Å². The Bertz CT molecular complexity index is 186. The van der Waals surface area contributed by atoms with Crippen molar-refractivity contribution in [3.05, 3.63) is 0 Å². The van der Waals surface area contributed by atoms with E-state index in [0.29, 0.717) is 0 Å². The van der Waals surface area contributed by atoms with E-state index in [-0.39, 0.29) is 5.41 Å². The number of terminal acetylenes is 1. The zero-order valence-electron chi connectivity index (χ0n) is 8.55. The van der Waals surface area contributed by atoms with Crippen LogP contribution in [-0.2, 0) is 0 Å². The second-order valence-electron chi connectivity index (χ2n) is 4.24. The van der Waals surface area contributed by atoms with Crippen LogP contribution in [0, 0.1) is 17.8 Å². The van der Waals surface area contributed by atoms with Gasteiger partial charge in [0.25, 0.3) is 0 Å². The first-order chi connectivity index (χ1) is 6.25. The fourth-order valence-electron chi connectivity index (χ4n) is 2.19. The van der Waals surface area contributed by atoms with Gasteiger partial charge in [0.15, 0.2) is 0 Å². The average Bonchev–Trinajstić information content (AvgIpc) is 2.08. The molecule has 0 heterocycles. The Hall–Kier alpha value is -0.480. The van der Waals surface area contributed by atoms with Gasteiger partial charge in [-0.15, -0.1) is 6.42 Å². The van der Waals surface area contributed by atoms with Gasteiger partial charge in [0.05, 0.1) is 0 Å². The van der Waals surface area contributed by atoms with Crippen LogP contribution in [0.1, 0.15) is 51.9 Å². The third-order valence-corrected chi connectivity index (χ3v) is 3.37. The van der Waals surface area contributed by atoms with Crippen LogP contribution in [-0.4, -0.2) is 11.2 Å². The smallest absolute Gasteiger partial charge is 0.120 e. The zero-order valence-corrected chi connectivity index (χ0v) is 8.55. The minimum atomic E-state index is -0.502. The van der Waals surface area contributed by atoms with E-state index in [4.69, 9.17) is 6.42 Å². The first-order valence-corrected chi connectivity index (χ1v) is 5.39. The molecule has 0 bridgehead atoms. The Morgan fingerprint density at radius 3 is 2.54 bits per heavy atom. The van der Waals surface area contributed by atoms with Gasteiger partial charge in [-0.25, -0.2) is 0 Å². The number of unbranched alkanes of at least 4 members (excludes halogenated alkanes) is 2. The maximum Gasteiger partial charge on any atom is 0.120 e. The van der Waals surface area contributed by atoms with Crippen LogP contribution >= 0.6 is 0 Å². The summed E-state index contributed by atoms with van der Waals surface area (Å²) in [5, 5.41) is 9.69. The van der Waals surface area contributed by atoms with E-state index in [2.05, 4.69) is 12.8 Å². The summed E-state index contributed by atoms with van der Waals surface area (Å²) in [6, 6.07) is 0. The average molecular weight is 180 g/mol. The summed E-state index contributed by atoms with van der Waals surface area (Å²) >= 11 is 0. The van der Waals surface area contributed by atoms with Crippen LogP contribution in [0.25, 0.3) is 0 Å². The monoisotopic (exact) mass is 180 g/mol. The second-order valence-corrected chi connectivity index (χ2v) is 4.24. The molecule has 0 amide bonds. The summed E-state index contributed by atoms with van der Waals surface area (Å²) in [6.07, 6.45) is 13.1. The molecule has 1 aliphatic carbocycles. The molecule has 0 aromatic rings. The Morgan fingerprint density at radius 2 is 2.15 bits per heavy atom. The molecule has 13 heavy (non-hydrogen) atoms. The first kappa shape index (κ1) is 10.6. The molecule has 0 aliphatic heterocycles. The molecule has 1 fully saturated rings. The lowest BCUT2D eigenvalue weighted by Gasteiger charge is -2.44. The van der Waals surface area contributed by atoms with Gasteiger partial charge < -0.3 is 5.11 Å². The third kappa shape index (κ3) is 2.25. The lowest BCUT2D eigenvalue weighted by Crippen LogP contribution is -2.40. The standard InChI is InChI=1S/C12H20O/c1-3-5-6-8-12(9-7-10-12)11(13)4-2/h2,11,13H,3,5-10H2,1H3. The van der Waals surface area contributed by atoms with E-state index < -0.39 is 6.10 Å². The van der Waals surface area contributed by atoms with Crippen LogP contribution < -0.4 is 0 Å². The SMILES string of the molecule is C#CC(O)C1(CCCCC)CCC1. The van der Waals surface area contributed by atoms with Gasteiger partial charge in [0, 0.05) is 5.41 Å². The maximum absolute atomic E-state index is 9.69. The Balaban J connectivity index is 2.37. The minimum Gasteiger partial charge on any atom is -0.380 e. The largest absolute Gasteiger partial charge is 0.380 e. The number of rotatable bonds is 5. The highest BCUT2D eigenvalue weighted by Crippen LogP contribution is 2.47. The molecule has 0 spiro atoms. The molecule has 0 aromatic heterocycles. The zero-order chi connectivity index (χ0) is 9.73. The maximum atomic E-state index is 9.69. The molecule has 1 aliphatic rings. The molecule has 1 atom stereocenters. The van der Waals surface area contributed by atoms with Crippen molar-refractivity contribution in [2.24, 2.45) is 5.41 Å². The van der Waals surface area contributed by atoms with Crippen molar-refractivity contribution in [3.63, 3.8) is 0 Å². The summed E-state index contributed by atoms with van der Waals surface area (Å²) in [5.74, 6) is 2.49. The number of aliphatic hydroxyl groups is 1. The molecular formula is C12H20O. The van der Waals surface area contributed by atoms with Crippen LogP contribution in [0.2, 0.25) is 0 Å². The van der Waals surface area contributed by atoms with Crippen molar-refractivity contribution in [2.75, 3.05) is 0 Å². The molecule has 1 unspecified atom stereocenters. The van der Waals surface area contributed by atoms with E-state index in [9.17, 15) is 5.11 Å². The quantitative estimate of drug-likeness (QED) is 0.509. The Morgan fingerprint density at radius 1 is 1.46 bits per heavy atom. The van der Waals surface area contributed by atoms with Crippen molar-refractivity contribution in [1.82, 2.24) is 0 Å². The van der Waals surface area contributed by atoms with Crippen LogP contribution in [0.15, 0.2) is 0 Å². The topological polar surface area (TPSA) is 20.2 Å². The molecule has 1 nitrogen and oxygen atoms in total. The van der Waals surface area contributed by atoms with E-state index >= 15 is 0 Å². The Labute approximate surface area is 81.5 Å². The van der Waals surface area contributed by atoms with Crippen molar-refractivity contribution < 1.29 is 5.11 Å². The summed E-state index contributed by atoms with van der Waals surface area (Å²) < 4.78 is 0. The predicted molar refractivity (Wildman–Crippen MR) is 55.3 cm³/mol. The highest BCUT2D eigenvalue weighted by atomic mass is 16.3. The van der Waals surface area contributed by atoms with Crippen molar-refractivity contribution in [3.8, 4) is 12.3 Å². The molecule has 0 radical (unpaired) electrons. The molecule has 1 N–H and O–H groups in total. The molecule has 0 aromatic carbocycles. The van der Waals surface area contributed by atoms with Crippen molar-refractivity contribution in [1.29, 1.82) is 0 Å². The number of hydrogen-bond donors (Lipinski definition) is 1. The van der Waals surface area contributed by atoms with Gasteiger partial charge in [-0.3, -0.25) is 0 Å². The summed E-state index contributed by atoms with van der Waals surface area (Å²) in [4.78, 5) is 0. The van der Waals surface area contributed by atoms with E-state index in [0.717, 1.165) is 19.3 Å². The van der Waals surface area contributed by atoms with Gasteiger partial charge >= 0.3 is 0 Å². The van der Waals surface area contributed by atoms with Crippen molar-refractivity contribution in [2.45, 2.75) is 58.0 Å². The van der Waals surface area contributed by atoms with Gasteiger partial charge in [-0.2, -0.15) is 0 Å². The first-order valence-electron chi connectivity index (χ1n) is 5.39. The molecule has 74 valence electrons. The highest BCUT2D eigenvalue weighted by Gasteiger charge is 2.41. The normalized spacial score (nSPS) is 21.6. The van der Waals surface area contributed by atoms with Crippen LogP contribution in [0.3, 0.4) is 0 Å². The fourth-order valence-corrected chi connectivity index (χ4v) is 2.19. The predicted octanol–water partition coefficient (Wildman–Crippen LogP) is 2.73. The van der Waals surface area contributed by atoms with Gasteiger partial charge in [-0.1, -0.05) is 38.5 Å². The molecule has 1 saturated carbocycles. The van der Waals surface area contributed by atoms with Crippen LogP contribution in [0.5, 0.6) is 0 Å². The van der Waals surface area contributed by atoms with Gasteiger partial charge in [0.2, 0.25) is 0 Å². The lowest BCUT2D eigenvalue weighted by atomic mass is 9.62. The number of aliphatic hydroxyl groups excluding tert-OH is 1. The third-order valence-electron chi connectivity index (χ3n) is 3.37. The summed E-state index contributed by atoms with van der Waals surface area (Å²) in [6.45, 7) is 2.20. The van der Waals surface area contributed by atoms with Crippen LogP contribution in [0.4, 0.5) is 0 Å². The molecular weight excluding hydrogens is 160 g/mol. The highest BCUT2D eigenvalue weighted by molar-refractivity contribution is 5.07. The van der Waals surface area contributed by atoms with Gasteiger partial charge in [-0.05, 0) is 19.3 Å². The molecule has 0 saturated heterocycles. The van der Waals surface area contributed by atoms with Gasteiger partial charge in [0.1, 0.15) is 6.10 Å². The second kappa shape index (κ2) is 4.67. The van der Waals surface area contributed by atoms with Crippen molar-refractivity contribution >= 4 is 0 Å². The minimum absolute atomic E-state index is 0.101. The Kier molecular flexibility index (Phi) is 3.81.